The topological polar surface area (TPSA) is 125 Å². The molecule has 2 fully saturated rings. The Balaban J connectivity index is 0.000000665. The summed E-state index contributed by atoms with van der Waals surface area (Å²) >= 11 is 0. The number of likely N-dealkylation sites (tertiary alicyclic amines) is 1. The molecule has 166 valence electrons. The standard InChI is InChI=1S/C16H32N2O.C4H6O2.CH6N2/c17-13-9-7-5-3-1-2-4-6-8-10-14-18-15-11-12-16(18)19;5-4-2-1-3-6-4;2-1-3/h1-15,17H2;1-3H2;1-3H2. The maximum Gasteiger partial charge on any atom is 0.305 e. The van der Waals surface area contributed by atoms with Gasteiger partial charge >= 0.3 is 5.97 Å². The van der Waals surface area contributed by atoms with Crippen molar-refractivity contribution in [2.24, 2.45) is 17.2 Å². The number of cyclic esters (lactones) is 1. The van der Waals surface area contributed by atoms with Crippen molar-refractivity contribution in [2.45, 2.75) is 89.9 Å². The van der Waals surface area contributed by atoms with Gasteiger partial charge in [-0.3, -0.25) is 9.59 Å². The molecular weight excluding hydrogens is 356 g/mol. The van der Waals surface area contributed by atoms with Gasteiger partial charge in [-0.15, -0.1) is 0 Å². The van der Waals surface area contributed by atoms with Crippen molar-refractivity contribution in [3.63, 3.8) is 0 Å². The van der Waals surface area contributed by atoms with Gasteiger partial charge in [0.25, 0.3) is 0 Å². The monoisotopic (exact) mass is 400 g/mol. The molecule has 6 N–H and O–H groups in total. The zero-order chi connectivity index (χ0) is 20.9. The summed E-state index contributed by atoms with van der Waals surface area (Å²) in [5.41, 5.74) is 14.7. The number of hydrogen-bond donors (Lipinski definition) is 3. The minimum absolute atomic E-state index is 0.0463. The van der Waals surface area contributed by atoms with E-state index in [2.05, 4.69) is 16.2 Å². The molecule has 0 bridgehead atoms. The summed E-state index contributed by atoms with van der Waals surface area (Å²) < 4.78 is 4.51. The molecule has 0 spiro atoms. The molecular formula is C21H44N4O3. The summed E-state index contributed by atoms with van der Waals surface area (Å²) in [4.78, 5) is 23.5. The predicted molar refractivity (Wildman–Crippen MR) is 114 cm³/mol. The Labute approximate surface area is 171 Å². The highest BCUT2D eigenvalue weighted by molar-refractivity contribution is 5.77. The molecule has 7 heteroatoms. The van der Waals surface area contributed by atoms with Gasteiger partial charge in [0, 0.05) is 32.6 Å². The van der Waals surface area contributed by atoms with E-state index in [9.17, 15) is 9.59 Å². The van der Waals surface area contributed by atoms with Gasteiger partial charge in [-0.05, 0) is 32.2 Å². The van der Waals surface area contributed by atoms with Crippen molar-refractivity contribution in [1.82, 2.24) is 4.90 Å². The zero-order valence-corrected chi connectivity index (χ0v) is 17.8. The summed E-state index contributed by atoms with van der Waals surface area (Å²) in [6, 6.07) is 0. The number of unbranched alkanes of at least 4 members (excludes halogenated alkanes) is 9. The van der Waals surface area contributed by atoms with E-state index < -0.39 is 0 Å². The van der Waals surface area contributed by atoms with Crippen molar-refractivity contribution in [1.29, 1.82) is 0 Å². The Kier molecular flexibility index (Phi) is 19.7. The number of carbonyl (C=O) groups is 2. The summed E-state index contributed by atoms with van der Waals surface area (Å²) in [6.07, 6.45) is 16.6. The molecule has 1 amide bonds. The van der Waals surface area contributed by atoms with Crippen LogP contribution in [0.1, 0.15) is 89.9 Å². The van der Waals surface area contributed by atoms with Crippen LogP contribution in [0.5, 0.6) is 0 Å². The Hall–Kier alpha value is -1.18. The first kappa shape index (κ1) is 26.8. The molecule has 2 aliphatic heterocycles. The number of hydrogen-bond acceptors (Lipinski definition) is 6. The van der Waals surface area contributed by atoms with Crippen LogP contribution in [0.3, 0.4) is 0 Å². The number of rotatable bonds is 12. The minimum Gasteiger partial charge on any atom is -0.466 e. The van der Waals surface area contributed by atoms with Crippen molar-refractivity contribution in [3.05, 3.63) is 0 Å². The second-order valence-corrected chi connectivity index (χ2v) is 7.37. The maximum atomic E-state index is 11.4. The maximum absolute atomic E-state index is 11.4. The zero-order valence-electron chi connectivity index (χ0n) is 17.8. The highest BCUT2D eigenvalue weighted by atomic mass is 16.5. The summed E-state index contributed by atoms with van der Waals surface area (Å²) in [7, 11) is 0. The molecule has 0 unspecified atom stereocenters. The van der Waals surface area contributed by atoms with E-state index in [1.807, 2.05) is 4.90 Å². The van der Waals surface area contributed by atoms with Gasteiger partial charge in [0.2, 0.25) is 5.91 Å². The van der Waals surface area contributed by atoms with Crippen LogP contribution in [0, 0.1) is 0 Å². The predicted octanol–water partition coefficient (Wildman–Crippen LogP) is 2.65. The van der Waals surface area contributed by atoms with Gasteiger partial charge in [0.05, 0.1) is 6.61 Å². The molecule has 0 aromatic rings. The van der Waals surface area contributed by atoms with Crippen molar-refractivity contribution in [2.75, 3.05) is 32.9 Å². The van der Waals surface area contributed by atoms with E-state index in [4.69, 9.17) is 5.73 Å². The molecule has 0 aromatic carbocycles. The second kappa shape index (κ2) is 20.6. The van der Waals surface area contributed by atoms with Crippen LogP contribution in [-0.4, -0.2) is 49.7 Å². The quantitative estimate of drug-likeness (QED) is 0.263. The molecule has 2 aliphatic rings. The van der Waals surface area contributed by atoms with Crippen molar-refractivity contribution >= 4 is 11.9 Å². The average molecular weight is 401 g/mol. The normalized spacial score (nSPS) is 15.6. The molecule has 0 aliphatic carbocycles. The third-order valence-corrected chi connectivity index (χ3v) is 4.84. The van der Waals surface area contributed by atoms with E-state index in [-0.39, 0.29) is 12.6 Å². The minimum atomic E-state index is -0.0463. The number of carbonyl (C=O) groups excluding carboxylic acids is 2. The molecule has 0 radical (unpaired) electrons. The van der Waals surface area contributed by atoms with Gasteiger partial charge in [-0.1, -0.05) is 51.4 Å². The number of amides is 1. The molecule has 2 heterocycles. The lowest BCUT2D eigenvalue weighted by Crippen LogP contribution is -2.25. The van der Waals surface area contributed by atoms with E-state index in [1.54, 1.807) is 0 Å². The summed E-state index contributed by atoms with van der Waals surface area (Å²) in [5, 5.41) is 0. The fourth-order valence-electron chi connectivity index (χ4n) is 3.28. The second-order valence-electron chi connectivity index (χ2n) is 7.37. The lowest BCUT2D eigenvalue weighted by molar-refractivity contribution is -0.138. The first-order valence-electron chi connectivity index (χ1n) is 11.2. The third-order valence-electron chi connectivity index (χ3n) is 4.84. The van der Waals surface area contributed by atoms with Crippen LogP contribution in [0.15, 0.2) is 0 Å². The van der Waals surface area contributed by atoms with Crippen LogP contribution in [0.25, 0.3) is 0 Å². The van der Waals surface area contributed by atoms with Gasteiger partial charge in [0.1, 0.15) is 0 Å². The van der Waals surface area contributed by atoms with Crippen molar-refractivity contribution in [3.8, 4) is 0 Å². The fourth-order valence-corrected chi connectivity index (χ4v) is 3.28. The number of nitrogens with two attached hydrogens (primary N) is 3. The van der Waals surface area contributed by atoms with E-state index in [1.165, 1.54) is 64.2 Å². The Bertz CT molecular complexity index is 373. The molecule has 0 aromatic heterocycles. The van der Waals surface area contributed by atoms with E-state index in [0.29, 0.717) is 18.9 Å². The molecule has 0 saturated carbocycles. The third kappa shape index (κ3) is 17.0. The summed E-state index contributed by atoms with van der Waals surface area (Å²) in [5.74, 6) is 0.326. The number of ether oxygens (including phenoxy) is 1. The Morgan fingerprint density at radius 3 is 1.64 bits per heavy atom. The smallest absolute Gasteiger partial charge is 0.305 e. The van der Waals surface area contributed by atoms with E-state index >= 15 is 0 Å². The van der Waals surface area contributed by atoms with Gasteiger partial charge in [-0.2, -0.15) is 0 Å². The molecule has 28 heavy (non-hydrogen) atoms. The van der Waals surface area contributed by atoms with Crippen molar-refractivity contribution < 1.29 is 14.3 Å². The number of esters is 1. The fraction of sp³-hybridized carbons (Fsp3) is 0.905. The molecule has 0 atom stereocenters. The van der Waals surface area contributed by atoms with Gasteiger partial charge in [-0.25, -0.2) is 0 Å². The van der Waals surface area contributed by atoms with E-state index in [0.717, 1.165) is 38.9 Å². The summed E-state index contributed by atoms with van der Waals surface area (Å²) in [6.45, 7) is 3.73. The Morgan fingerprint density at radius 2 is 1.29 bits per heavy atom. The first-order chi connectivity index (χ1) is 13.7. The largest absolute Gasteiger partial charge is 0.466 e. The van der Waals surface area contributed by atoms with Crippen LogP contribution < -0.4 is 17.2 Å². The van der Waals surface area contributed by atoms with Crippen LogP contribution in [-0.2, 0) is 14.3 Å². The first-order valence-corrected chi connectivity index (χ1v) is 11.2. The molecule has 2 saturated heterocycles. The Morgan fingerprint density at radius 1 is 0.750 bits per heavy atom. The highest BCUT2D eigenvalue weighted by Gasteiger charge is 2.18. The SMILES string of the molecule is NCCCCCCCCCCCCN1CCCC1=O.NCN.O=C1CCCO1. The highest BCUT2D eigenvalue weighted by Crippen LogP contribution is 2.13. The number of nitrogens with zero attached hydrogens (tertiary/aromatic N) is 1. The van der Waals surface area contributed by atoms with Crippen LogP contribution >= 0.6 is 0 Å². The molecule has 2 rings (SSSR count). The van der Waals surface area contributed by atoms with Gasteiger partial charge in [0.15, 0.2) is 0 Å². The molecule has 7 nitrogen and oxygen atoms in total. The van der Waals surface area contributed by atoms with Crippen LogP contribution in [0.2, 0.25) is 0 Å². The van der Waals surface area contributed by atoms with Crippen LogP contribution in [0.4, 0.5) is 0 Å². The lowest BCUT2D eigenvalue weighted by atomic mass is 10.1. The lowest BCUT2D eigenvalue weighted by Gasteiger charge is -2.14. The average Bonchev–Trinajstić information content (AvgIpc) is 3.32. The van der Waals surface area contributed by atoms with Gasteiger partial charge < -0.3 is 26.8 Å².